The maximum atomic E-state index is 7.73. The summed E-state index contributed by atoms with van der Waals surface area (Å²) in [4.78, 5) is 14.0. The predicted molar refractivity (Wildman–Crippen MR) is 246 cm³/mol. The standard InChI is InChI=1S/C55H32N4/c1-56-39-26-29-51-48(33-39)47-31-37(25-28-50(47)59(51)40-13-3-2-4-14-40)34-20-22-36(23-21-34)55-53-44-27-24-38(41-18-9-11-35-12-10-30-57-54(35)41)32-46(44)42-15-5-6-16-43(42)52(53)45-17-7-8-19-49(45)58-55/h2-33H. The Hall–Kier alpha value is -8.13. The van der Waals surface area contributed by atoms with Gasteiger partial charge in [0.1, 0.15) is 0 Å². The second kappa shape index (κ2) is 13.0. The van der Waals surface area contributed by atoms with Crippen molar-refractivity contribution in [2.24, 2.45) is 0 Å². The van der Waals surface area contributed by atoms with E-state index >= 15 is 0 Å². The second-order valence-corrected chi connectivity index (χ2v) is 15.2. The third-order valence-electron chi connectivity index (χ3n) is 12.0. The molecular formula is C55H32N4. The molecule has 12 aromatic rings. The lowest BCUT2D eigenvalue weighted by molar-refractivity contribution is 1.18. The van der Waals surface area contributed by atoms with Crippen LogP contribution in [0, 0.1) is 6.57 Å². The highest BCUT2D eigenvalue weighted by atomic mass is 15.0. The van der Waals surface area contributed by atoms with Gasteiger partial charge in [-0.3, -0.25) is 4.98 Å². The summed E-state index contributed by atoms with van der Waals surface area (Å²) >= 11 is 0. The zero-order valence-corrected chi connectivity index (χ0v) is 31.8. The maximum absolute atomic E-state index is 7.73. The fraction of sp³-hybridized carbons (Fsp3) is 0. The van der Waals surface area contributed by atoms with Gasteiger partial charge >= 0.3 is 0 Å². The van der Waals surface area contributed by atoms with Gasteiger partial charge in [-0.05, 0) is 98.2 Å². The molecule has 9 aromatic carbocycles. The molecule has 12 rings (SSSR count). The van der Waals surface area contributed by atoms with Crippen LogP contribution in [0.15, 0.2) is 194 Å². The van der Waals surface area contributed by atoms with Crippen molar-refractivity contribution in [3.05, 3.63) is 206 Å². The van der Waals surface area contributed by atoms with E-state index in [1.807, 2.05) is 30.5 Å². The molecule has 3 heterocycles. The summed E-state index contributed by atoms with van der Waals surface area (Å²) in [5, 5.41) is 11.6. The number of aromatic nitrogens is 3. The Morgan fingerprint density at radius 3 is 1.95 bits per heavy atom. The SMILES string of the molecule is [C-]#[N+]c1ccc2c(c1)c1cc(-c3ccc(-c4nc5ccccc5c5c6ccccc6c6cc(-c7cccc8cccnc78)ccc6c45)cc3)ccc1n2-c1ccccc1. The van der Waals surface area contributed by atoms with E-state index < -0.39 is 0 Å². The molecule has 0 unspecified atom stereocenters. The van der Waals surface area contributed by atoms with E-state index in [2.05, 4.69) is 173 Å². The summed E-state index contributed by atoms with van der Waals surface area (Å²) in [5.74, 6) is 0. The number of benzene rings is 9. The molecule has 0 saturated heterocycles. The summed E-state index contributed by atoms with van der Waals surface area (Å²) in [5.41, 5.74) is 12.4. The highest BCUT2D eigenvalue weighted by molar-refractivity contribution is 6.34. The van der Waals surface area contributed by atoms with Gasteiger partial charge in [-0.15, -0.1) is 0 Å². The Bertz CT molecular complexity index is 3720. The van der Waals surface area contributed by atoms with Crippen molar-refractivity contribution in [3.63, 3.8) is 0 Å². The van der Waals surface area contributed by atoms with Crippen LogP contribution >= 0.6 is 0 Å². The largest absolute Gasteiger partial charge is 0.309 e. The average Bonchev–Trinajstić information content (AvgIpc) is 3.64. The van der Waals surface area contributed by atoms with E-state index in [1.54, 1.807) is 0 Å². The molecule has 0 aliphatic rings. The molecule has 0 radical (unpaired) electrons. The van der Waals surface area contributed by atoms with Crippen LogP contribution in [0.1, 0.15) is 0 Å². The fourth-order valence-electron chi connectivity index (χ4n) is 9.32. The Morgan fingerprint density at radius 1 is 0.441 bits per heavy atom. The Morgan fingerprint density at radius 2 is 1.10 bits per heavy atom. The molecule has 0 aliphatic carbocycles. The predicted octanol–water partition coefficient (Wildman–Crippen LogP) is 14.9. The third-order valence-corrected chi connectivity index (χ3v) is 12.0. The normalized spacial score (nSPS) is 11.7. The van der Waals surface area contributed by atoms with Crippen LogP contribution in [0.2, 0.25) is 0 Å². The summed E-state index contributed by atoms with van der Waals surface area (Å²) in [6.45, 7) is 7.73. The average molecular weight is 749 g/mol. The van der Waals surface area contributed by atoms with Crippen LogP contribution in [0.3, 0.4) is 0 Å². The molecule has 0 atom stereocenters. The van der Waals surface area contributed by atoms with Crippen LogP contribution < -0.4 is 0 Å². The topological polar surface area (TPSA) is 35.1 Å². The third kappa shape index (κ3) is 5.09. The van der Waals surface area contributed by atoms with Crippen LogP contribution in [0.5, 0.6) is 0 Å². The molecule has 4 nitrogen and oxygen atoms in total. The zero-order chi connectivity index (χ0) is 39.0. The molecule has 59 heavy (non-hydrogen) atoms. The van der Waals surface area contributed by atoms with Gasteiger partial charge in [0.25, 0.3) is 0 Å². The lowest BCUT2D eigenvalue weighted by Crippen LogP contribution is -1.94. The summed E-state index contributed by atoms with van der Waals surface area (Å²) in [7, 11) is 0. The number of hydrogen-bond acceptors (Lipinski definition) is 2. The monoisotopic (exact) mass is 748 g/mol. The first kappa shape index (κ1) is 33.1. The number of rotatable bonds is 4. The molecule has 3 aromatic heterocycles. The summed E-state index contributed by atoms with van der Waals surface area (Å²) in [6, 6.07) is 66.7. The first-order valence-corrected chi connectivity index (χ1v) is 19.8. The van der Waals surface area contributed by atoms with Gasteiger partial charge in [-0.1, -0.05) is 133 Å². The van der Waals surface area contributed by atoms with E-state index in [4.69, 9.17) is 16.5 Å². The van der Waals surface area contributed by atoms with Crippen molar-refractivity contribution in [2.75, 3.05) is 0 Å². The highest BCUT2D eigenvalue weighted by Crippen LogP contribution is 2.45. The minimum Gasteiger partial charge on any atom is -0.309 e. The van der Waals surface area contributed by atoms with Gasteiger partial charge in [0.2, 0.25) is 0 Å². The van der Waals surface area contributed by atoms with Crippen molar-refractivity contribution in [1.82, 2.24) is 14.5 Å². The second-order valence-electron chi connectivity index (χ2n) is 15.2. The van der Waals surface area contributed by atoms with E-state index in [0.29, 0.717) is 5.69 Å². The minimum atomic E-state index is 0.636. The lowest BCUT2D eigenvalue weighted by atomic mass is 9.88. The number of para-hydroxylation sites is 3. The molecule has 0 N–H and O–H groups in total. The molecule has 0 amide bonds. The first-order chi connectivity index (χ1) is 29.2. The van der Waals surface area contributed by atoms with Gasteiger partial charge in [0.05, 0.1) is 34.3 Å². The first-order valence-electron chi connectivity index (χ1n) is 19.8. The van der Waals surface area contributed by atoms with Crippen molar-refractivity contribution in [2.45, 2.75) is 0 Å². The van der Waals surface area contributed by atoms with Crippen LogP contribution in [-0.4, -0.2) is 14.5 Å². The van der Waals surface area contributed by atoms with Gasteiger partial charge in [-0.2, -0.15) is 0 Å². The Balaban J connectivity index is 1.06. The van der Waals surface area contributed by atoms with E-state index in [-0.39, 0.29) is 0 Å². The number of fused-ring (bicyclic) bond motifs is 12. The van der Waals surface area contributed by atoms with Crippen LogP contribution in [0.25, 0.3) is 120 Å². The highest BCUT2D eigenvalue weighted by Gasteiger charge is 2.19. The smallest absolute Gasteiger partial charge is 0.188 e. The van der Waals surface area contributed by atoms with Gasteiger partial charge in [-0.25, -0.2) is 9.83 Å². The van der Waals surface area contributed by atoms with E-state index in [1.165, 1.54) is 26.9 Å². The summed E-state index contributed by atoms with van der Waals surface area (Å²) in [6.07, 6.45) is 1.87. The molecule has 0 saturated carbocycles. The van der Waals surface area contributed by atoms with Crippen LogP contribution in [0.4, 0.5) is 5.69 Å². The minimum absolute atomic E-state index is 0.636. The summed E-state index contributed by atoms with van der Waals surface area (Å²) < 4.78 is 2.29. The fourth-order valence-corrected chi connectivity index (χ4v) is 9.32. The van der Waals surface area contributed by atoms with E-state index in [0.717, 1.165) is 88.2 Å². The molecule has 4 heteroatoms. The van der Waals surface area contributed by atoms with Crippen molar-refractivity contribution in [1.29, 1.82) is 0 Å². The Kier molecular flexibility index (Phi) is 7.26. The van der Waals surface area contributed by atoms with Gasteiger partial charge < -0.3 is 4.57 Å². The number of hydrogen-bond donors (Lipinski definition) is 0. The van der Waals surface area contributed by atoms with Crippen LogP contribution in [-0.2, 0) is 0 Å². The van der Waals surface area contributed by atoms with Gasteiger partial charge in [0.15, 0.2) is 5.69 Å². The van der Waals surface area contributed by atoms with E-state index in [9.17, 15) is 0 Å². The molecule has 0 fully saturated rings. The molecule has 0 aliphatic heterocycles. The Labute approximate surface area is 339 Å². The molecule has 0 bridgehead atoms. The lowest BCUT2D eigenvalue weighted by Gasteiger charge is -2.17. The van der Waals surface area contributed by atoms with Gasteiger partial charge in [0, 0.05) is 49.9 Å². The number of nitrogens with zero attached hydrogens (tertiary/aromatic N) is 4. The number of pyridine rings is 2. The maximum Gasteiger partial charge on any atom is 0.188 e. The molecular weight excluding hydrogens is 717 g/mol. The molecule has 0 spiro atoms. The van der Waals surface area contributed by atoms with Crippen molar-refractivity contribution in [3.8, 4) is 39.2 Å². The zero-order valence-electron chi connectivity index (χ0n) is 31.8. The van der Waals surface area contributed by atoms with Crippen molar-refractivity contribution >= 4 is 81.6 Å². The quantitative estimate of drug-likeness (QED) is 0.133. The van der Waals surface area contributed by atoms with Crippen molar-refractivity contribution < 1.29 is 0 Å². The molecule has 272 valence electrons.